The molecule has 21 heavy (non-hydrogen) atoms. The number of nitrogens with one attached hydrogen (secondary N) is 2. The number of rotatable bonds is 5. The van der Waals surface area contributed by atoms with Crippen molar-refractivity contribution in [2.45, 2.75) is 33.7 Å². The summed E-state index contributed by atoms with van der Waals surface area (Å²) in [6.45, 7) is 5.71. The average Bonchev–Trinajstić information content (AvgIpc) is 3.01. The lowest BCUT2D eigenvalue weighted by molar-refractivity contribution is 0.0690. The lowest BCUT2D eigenvalue weighted by Gasteiger charge is -2.04. The number of aromatic carboxylic acids is 1. The predicted molar refractivity (Wildman–Crippen MR) is 79.9 cm³/mol. The fourth-order valence-corrected chi connectivity index (χ4v) is 2.94. The van der Waals surface area contributed by atoms with E-state index in [1.54, 1.807) is 25.2 Å². The molecule has 2 rings (SSSR count). The van der Waals surface area contributed by atoms with Crippen molar-refractivity contribution in [2.24, 2.45) is 0 Å². The fourth-order valence-electron chi connectivity index (χ4n) is 2.14. The van der Waals surface area contributed by atoms with E-state index in [1.165, 1.54) is 4.88 Å². The molecule has 3 N–H and O–H groups in total. The SMILES string of the molecule is CCc1cnc(CNC(=O)c2c(C)[nH]c(C(=O)O)c2C)s1. The lowest BCUT2D eigenvalue weighted by Crippen LogP contribution is -2.23. The number of hydrogen-bond donors (Lipinski definition) is 3. The third-order valence-electron chi connectivity index (χ3n) is 3.23. The van der Waals surface area contributed by atoms with Gasteiger partial charge in [-0.25, -0.2) is 9.78 Å². The minimum absolute atomic E-state index is 0.0557. The number of amides is 1. The molecule has 0 spiro atoms. The van der Waals surface area contributed by atoms with Crippen LogP contribution >= 0.6 is 11.3 Å². The summed E-state index contributed by atoms with van der Waals surface area (Å²) in [7, 11) is 0. The van der Waals surface area contributed by atoms with Crippen molar-refractivity contribution in [3.63, 3.8) is 0 Å². The quantitative estimate of drug-likeness (QED) is 0.789. The van der Waals surface area contributed by atoms with Gasteiger partial charge in [0, 0.05) is 16.8 Å². The highest BCUT2D eigenvalue weighted by Crippen LogP contribution is 2.18. The molecule has 0 saturated carbocycles. The third kappa shape index (κ3) is 3.13. The van der Waals surface area contributed by atoms with Crippen LogP contribution in [0.4, 0.5) is 0 Å². The first-order chi connectivity index (χ1) is 9.93. The van der Waals surface area contributed by atoms with Crippen LogP contribution < -0.4 is 5.32 Å². The largest absolute Gasteiger partial charge is 0.477 e. The highest BCUT2D eigenvalue weighted by Gasteiger charge is 2.21. The van der Waals surface area contributed by atoms with Crippen molar-refractivity contribution in [1.29, 1.82) is 0 Å². The normalized spacial score (nSPS) is 10.6. The van der Waals surface area contributed by atoms with Crippen molar-refractivity contribution in [3.05, 3.63) is 38.6 Å². The van der Waals surface area contributed by atoms with Crippen LogP contribution in [-0.2, 0) is 13.0 Å². The van der Waals surface area contributed by atoms with E-state index < -0.39 is 5.97 Å². The van der Waals surface area contributed by atoms with Crippen molar-refractivity contribution < 1.29 is 14.7 Å². The fraction of sp³-hybridized carbons (Fsp3) is 0.357. The molecule has 0 bridgehead atoms. The van der Waals surface area contributed by atoms with Crippen LogP contribution in [-0.4, -0.2) is 27.0 Å². The van der Waals surface area contributed by atoms with Gasteiger partial charge in [0.15, 0.2) is 0 Å². The minimum Gasteiger partial charge on any atom is -0.477 e. The van der Waals surface area contributed by atoms with Gasteiger partial charge >= 0.3 is 5.97 Å². The first kappa shape index (κ1) is 15.2. The molecule has 0 saturated heterocycles. The molecular weight excluding hydrogens is 290 g/mol. The number of carbonyl (C=O) groups excluding carboxylic acids is 1. The molecule has 0 radical (unpaired) electrons. The zero-order valence-electron chi connectivity index (χ0n) is 12.1. The average molecular weight is 307 g/mol. The second kappa shape index (κ2) is 6.09. The lowest BCUT2D eigenvalue weighted by atomic mass is 10.1. The van der Waals surface area contributed by atoms with E-state index in [0.717, 1.165) is 11.4 Å². The Morgan fingerprint density at radius 3 is 2.67 bits per heavy atom. The second-order valence-electron chi connectivity index (χ2n) is 4.69. The molecule has 0 atom stereocenters. The number of thiazole rings is 1. The Bertz CT molecular complexity index is 688. The molecule has 7 heteroatoms. The molecule has 0 aliphatic carbocycles. The number of carboxylic acids is 1. The van der Waals surface area contributed by atoms with Crippen LogP contribution in [0.5, 0.6) is 0 Å². The Morgan fingerprint density at radius 2 is 2.14 bits per heavy atom. The molecule has 1 amide bonds. The number of aryl methyl sites for hydroxylation is 2. The molecule has 0 unspecified atom stereocenters. The summed E-state index contributed by atoms with van der Waals surface area (Å²) in [5.41, 5.74) is 1.45. The van der Waals surface area contributed by atoms with Gasteiger partial charge in [-0.05, 0) is 25.8 Å². The number of aromatic nitrogens is 2. The van der Waals surface area contributed by atoms with Crippen LogP contribution in [0.15, 0.2) is 6.20 Å². The number of nitrogens with zero attached hydrogens (tertiary/aromatic N) is 1. The first-order valence-corrected chi connectivity index (χ1v) is 7.39. The molecule has 0 fully saturated rings. The molecule has 6 nitrogen and oxygen atoms in total. The van der Waals surface area contributed by atoms with E-state index in [4.69, 9.17) is 5.11 Å². The third-order valence-corrected chi connectivity index (χ3v) is 4.37. The van der Waals surface area contributed by atoms with E-state index in [-0.39, 0.29) is 11.6 Å². The van der Waals surface area contributed by atoms with Gasteiger partial charge in [-0.2, -0.15) is 0 Å². The Balaban J connectivity index is 2.12. The van der Waals surface area contributed by atoms with Gasteiger partial charge in [0.25, 0.3) is 5.91 Å². The Morgan fingerprint density at radius 1 is 1.43 bits per heavy atom. The van der Waals surface area contributed by atoms with E-state index in [0.29, 0.717) is 23.4 Å². The van der Waals surface area contributed by atoms with Crippen molar-refractivity contribution in [3.8, 4) is 0 Å². The number of carbonyl (C=O) groups is 2. The van der Waals surface area contributed by atoms with Crippen molar-refractivity contribution in [1.82, 2.24) is 15.3 Å². The highest BCUT2D eigenvalue weighted by atomic mass is 32.1. The van der Waals surface area contributed by atoms with Crippen LogP contribution in [0, 0.1) is 13.8 Å². The Hall–Kier alpha value is -2.15. The molecule has 2 aromatic rings. The second-order valence-corrected chi connectivity index (χ2v) is 5.89. The van der Waals surface area contributed by atoms with E-state index in [2.05, 4.69) is 22.2 Å². The van der Waals surface area contributed by atoms with Crippen LogP contribution in [0.25, 0.3) is 0 Å². The standard InChI is InChI=1S/C14H17N3O3S/c1-4-9-5-15-10(21-9)6-16-13(18)11-7(2)12(14(19)20)17-8(11)3/h5,17H,4,6H2,1-3H3,(H,16,18)(H,19,20). The van der Waals surface area contributed by atoms with Gasteiger partial charge in [-0.15, -0.1) is 11.3 Å². The molecule has 2 heterocycles. The summed E-state index contributed by atoms with van der Waals surface area (Å²) in [5, 5.41) is 12.7. The summed E-state index contributed by atoms with van der Waals surface area (Å²) in [6, 6.07) is 0. The van der Waals surface area contributed by atoms with Gasteiger partial charge in [-0.1, -0.05) is 6.92 Å². The van der Waals surface area contributed by atoms with Crippen molar-refractivity contribution in [2.75, 3.05) is 0 Å². The maximum Gasteiger partial charge on any atom is 0.352 e. The monoisotopic (exact) mass is 307 g/mol. The van der Waals surface area contributed by atoms with Gasteiger partial charge in [-0.3, -0.25) is 4.79 Å². The number of carboxylic acid groups (broad SMARTS) is 1. The zero-order chi connectivity index (χ0) is 15.6. The van der Waals surface area contributed by atoms with Crippen LogP contribution in [0.3, 0.4) is 0 Å². The molecule has 2 aromatic heterocycles. The van der Waals surface area contributed by atoms with E-state index in [9.17, 15) is 9.59 Å². The van der Waals surface area contributed by atoms with Gasteiger partial charge in [0.05, 0.1) is 12.1 Å². The maximum atomic E-state index is 12.2. The summed E-state index contributed by atoms with van der Waals surface area (Å²) >= 11 is 1.56. The molecule has 112 valence electrons. The molecule has 0 aliphatic rings. The zero-order valence-corrected chi connectivity index (χ0v) is 12.9. The summed E-state index contributed by atoms with van der Waals surface area (Å²) in [6.07, 6.45) is 2.73. The minimum atomic E-state index is -1.07. The number of H-pyrrole nitrogens is 1. The number of hydrogen-bond acceptors (Lipinski definition) is 4. The predicted octanol–water partition coefficient (Wildman–Crippen LogP) is 2.28. The van der Waals surface area contributed by atoms with Gasteiger partial charge in [0.1, 0.15) is 10.7 Å². The van der Waals surface area contributed by atoms with Gasteiger partial charge in [0.2, 0.25) is 0 Å². The Kier molecular flexibility index (Phi) is 4.42. The molecule has 0 aromatic carbocycles. The smallest absolute Gasteiger partial charge is 0.352 e. The van der Waals surface area contributed by atoms with E-state index in [1.807, 2.05) is 6.20 Å². The van der Waals surface area contributed by atoms with E-state index >= 15 is 0 Å². The molecule has 0 aliphatic heterocycles. The van der Waals surface area contributed by atoms with Gasteiger partial charge < -0.3 is 15.4 Å². The summed E-state index contributed by atoms with van der Waals surface area (Å²) in [4.78, 5) is 31.4. The van der Waals surface area contributed by atoms with Crippen molar-refractivity contribution >= 4 is 23.2 Å². The topological polar surface area (TPSA) is 95.1 Å². The number of aromatic amines is 1. The summed E-state index contributed by atoms with van der Waals surface area (Å²) in [5.74, 6) is -1.36. The van der Waals surface area contributed by atoms with Crippen LogP contribution in [0.2, 0.25) is 0 Å². The molecular formula is C14H17N3O3S. The van der Waals surface area contributed by atoms with Crippen LogP contribution in [0.1, 0.15) is 48.9 Å². The first-order valence-electron chi connectivity index (χ1n) is 6.58. The highest BCUT2D eigenvalue weighted by molar-refractivity contribution is 7.11. The summed E-state index contributed by atoms with van der Waals surface area (Å²) < 4.78 is 0. The Labute approximate surface area is 126 Å². The maximum absolute atomic E-state index is 12.2.